The molecular formula is C17H31NO3. The molecule has 0 bridgehead atoms. The van der Waals surface area contributed by atoms with Gasteiger partial charge in [-0.2, -0.15) is 0 Å². The Balaban J connectivity index is 4.99. The van der Waals surface area contributed by atoms with Gasteiger partial charge in [0.15, 0.2) is 0 Å². The van der Waals surface area contributed by atoms with Gasteiger partial charge in [-0.25, -0.2) is 4.79 Å². The van der Waals surface area contributed by atoms with Gasteiger partial charge >= 0.3 is 6.09 Å². The van der Waals surface area contributed by atoms with E-state index in [4.69, 9.17) is 10.5 Å². The number of amides is 1. The van der Waals surface area contributed by atoms with Gasteiger partial charge < -0.3 is 15.6 Å². The third-order valence-corrected chi connectivity index (χ3v) is 3.80. The Morgan fingerprint density at radius 3 is 2.29 bits per heavy atom. The second-order valence-corrected chi connectivity index (χ2v) is 6.34. The first-order chi connectivity index (χ1) is 9.70. The third kappa shape index (κ3) is 7.32. The van der Waals surface area contributed by atoms with Crippen LogP contribution in [0.5, 0.6) is 0 Å². The highest BCUT2D eigenvalue weighted by atomic mass is 16.6. The van der Waals surface area contributed by atoms with Gasteiger partial charge in [0.25, 0.3) is 0 Å². The van der Waals surface area contributed by atoms with Gasteiger partial charge in [-0.05, 0) is 18.3 Å². The Morgan fingerprint density at radius 1 is 1.29 bits per heavy atom. The fourth-order valence-corrected chi connectivity index (χ4v) is 2.79. The highest BCUT2D eigenvalue weighted by Crippen LogP contribution is 2.27. The molecule has 0 aliphatic carbocycles. The van der Waals surface area contributed by atoms with Crippen molar-refractivity contribution in [3.05, 3.63) is 24.8 Å². The van der Waals surface area contributed by atoms with E-state index < -0.39 is 18.3 Å². The number of ether oxygens (including phenoxy) is 1. The Hall–Kier alpha value is -1.29. The van der Waals surface area contributed by atoms with Crippen molar-refractivity contribution in [1.82, 2.24) is 0 Å². The number of carbonyl (C=O) groups excluding carboxylic acids is 1. The lowest BCUT2D eigenvalue weighted by Crippen LogP contribution is -2.41. The Labute approximate surface area is 129 Å². The van der Waals surface area contributed by atoms with Crippen LogP contribution in [0.15, 0.2) is 24.8 Å². The first kappa shape index (κ1) is 19.7. The normalized spacial score (nSPS) is 19.0. The van der Waals surface area contributed by atoms with Crippen molar-refractivity contribution >= 4 is 6.09 Å². The van der Waals surface area contributed by atoms with E-state index in [0.717, 1.165) is 6.42 Å². The zero-order valence-corrected chi connectivity index (χ0v) is 14.0. The molecule has 0 aliphatic heterocycles. The molecule has 0 saturated carbocycles. The van der Waals surface area contributed by atoms with Crippen LogP contribution >= 0.6 is 0 Å². The number of primary amides is 1. The molecule has 0 aromatic rings. The van der Waals surface area contributed by atoms with Crippen molar-refractivity contribution in [1.29, 1.82) is 0 Å². The summed E-state index contributed by atoms with van der Waals surface area (Å²) >= 11 is 0. The van der Waals surface area contributed by atoms with E-state index in [0.29, 0.717) is 5.92 Å². The molecule has 0 saturated heterocycles. The molecule has 1 amide bonds. The van der Waals surface area contributed by atoms with Gasteiger partial charge in [0, 0.05) is 11.8 Å². The molecule has 1 unspecified atom stereocenters. The molecule has 21 heavy (non-hydrogen) atoms. The zero-order chi connectivity index (χ0) is 16.6. The fourth-order valence-electron chi connectivity index (χ4n) is 2.79. The second kappa shape index (κ2) is 9.61. The molecule has 4 nitrogen and oxygen atoms in total. The summed E-state index contributed by atoms with van der Waals surface area (Å²) in [5.41, 5.74) is 5.17. The lowest BCUT2D eigenvalue weighted by Gasteiger charge is -2.33. The van der Waals surface area contributed by atoms with Gasteiger partial charge in [-0.3, -0.25) is 0 Å². The lowest BCUT2D eigenvalue weighted by molar-refractivity contribution is -0.0300. The maximum atomic E-state index is 11.1. The summed E-state index contributed by atoms with van der Waals surface area (Å²) in [5.74, 6) is 0.395. The van der Waals surface area contributed by atoms with Gasteiger partial charge in [0.2, 0.25) is 0 Å². The van der Waals surface area contributed by atoms with Crippen LogP contribution in [0, 0.1) is 23.7 Å². The molecule has 0 aromatic carbocycles. The minimum Gasteiger partial charge on any atom is -0.445 e. The van der Waals surface area contributed by atoms with Crippen molar-refractivity contribution in [3.8, 4) is 0 Å². The van der Waals surface area contributed by atoms with E-state index in [1.165, 1.54) is 0 Å². The zero-order valence-electron chi connectivity index (χ0n) is 14.0. The van der Waals surface area contributed by atoms with Gasteiger partial charge in [0.05, 0.1) is 6.10 Å². The van der Waals surface area contributed by atoms with E-state index in [1.54, 1.807) is 12.2 Å². The number of hydrogen-bond donors (Lipinski definition) is 2. The molecule has 3 N–H and O–H groups in total. The highest BCUT2D eigenvalue weighted by molar-refractivity contribution is 5.64. The quantitative estimate of drug-likeness (QED) is 0.640. The molecule has 0 aromatic heterocycles. The summed E-state index contributed by atoms with van der Waals surface area (Å²) in [6.45, 7) is 13.7. The molecule has 122 valence electrons. The van der Waals surface area contributed by atoms with Crippen LogP contribution in [0.1, 0.15) is 41.0 Å². The SMILES string of the molecule is C=C/C=C\C(C)[C@H](OC(N)=O)[C@@H](C)[C@H](O)[C@@H](C)CC(C)C. The summed E-state index contributed by atoms with van der Waals surface area (Å²) in [6, 6.07) is 0. The molecule has 0 rings (SSSR count). The van der Waals surface area contributed by atoms with Crippen LogP contribution in [0.3, 0.4) is 0 Å². The van der Waals surface area contributed by atoms with Crippen molar-refractivity contribution in [2.45, 2.75) is 53.2 Å². The summed E-state index contributed by atoms with van der Waals surface area (Å²) in [4.78, 5) is 11.1. The Kier molecular flexibility index (Phi) is 9.02. The van der Waals surface area contributed by atoms with E-state index in [2.05, 4.69) is 20.4 Å². The third-order valence-electron chi connectivity index (χ3n) is 3.80. The number of aliphatic hydroxyl groups is 1. The fraction of sp³-hybridized carbons (Fsp3) is 0.706. The molecule has 0 fully saturated rings. The maximum absolute atomic E-state index is 11.1. The van der Waals surface area contributed by atoms with Crippen LogP contribution in [-0.2, 0) is 4.74 Å². The predicted octanol–water partition coefficient (Wildman–Crippen LogP) is 3.51. The Bertz CT molecular complexity index is 352. The van der Waals surface area contributed by atoms with E-state index in [9.17, 15) is 9.90 Å². The lowest BCUT2D eigenvalue weighted by atomic mass is 9.81. The topological polar surface area (TPSA) is 72.5 Å². The molecule has 0 spiro atoms. The van der Waals surface area contributed by atoms with E-state index in [-0.39, 0.29) is 17.8 Å². The van der Waals surface area contributed by atoms with Crippen molar-refractivity contribution < 1.29 is 14.6 Å². The average Bonchev–Trinajstić information content (AvgIpc) is 2.39. The summed E-state index contributed by atoms with van der Waals surface area (Å²) in [6.07, 6.45) is 4.48. The number of nitrogens with two attached hydrogens (primary N) is 1. The van der Waals surface area contributed by atoms with Crippen molar-refractivity contribution in [2.75, 3.05) is 0 Å². The minimum absolute atomic E-state index is 0.0496. The molecular weight excluding hydrogens is 266 g/mol. The van der Waals surface area contributed by atoms with E-state index in [1.807, 2.05) is 26.8 Å². The predicted molar refractivity (Wildman–Crippen MR) is 86.7 cm³/mol. The standard InChI is InChI=1S/C17H31NO3/c1-7-8-9-12(4)16(21-17(18)20)14(6)15(19)13(5)10-11(2)3/h7-9,11-16,19H,1,10H2,2-6H3,(H2,18,20)/b9-8-/t12?,13-,14-,15+,16-/m0/s1. The minimum atomic E-state index is -0.811. The largest absolute Gasteiger partial charge is 0.445 e. The van der Waals surface area contributed by atoms with Crippen molar-refractivity contribution in [3.63, 3.8) is 0 Å². The molecule has 5 atom stereocenters. The molecule has 0 heterocycles. The summed E-state index contributed by atoms with van der Waals surface area (Å²) < 4.78 is 5.24. The first-order valence-corrected chi connectivity index (χ1v) is 7.64. The number of hydrogen-bond acceptors (Lipinski definition) is 3. The van der Waals surface area contributed by atoms with E-state index >= 15 is 0 Å². The second-order valence-electron chi connectivity index (χ2n) is 6.34. The molecule has 4 heteroatoms. The summed E-state index contributed by atoms with van der Waals surface area (Å²) in [7, 11) is 0. The maximum Gasteiger partial charge on any atom is 0.404 e. The van der Waals surface area contributed by atoms with Crippen LogP contribution in [0.25, 0.3) is 0 Å². The van der Waals surface area contributed by atoms with Crippen molar-refractivity contribution in [2.24, 2.45) is 29.4 Å². The number of allylic oxidation sites excluding steroid dienone is 2. The van der Waals surface area contributed by atoms with Crippen LogP contribution in [-0.4, -0.2) is 23.4 Å². The van der Waals surface area contributed by atoms with Gasteiger partial charge in [-0.15, -0.1) is 0 Å². The average molecular weight is 297 g/mol. The van der Waals surface area contributed by atoms with Crippen LogP contribution in [0.2, 0.25) is 0 Å². The number of rotatable bonds is 9. The monoisotopic (exact) mass is 297 g/mol. The Morgan fingerprint density at radius 2 is 1.86 bits per heavy atom. The van der Waals surface area contributed by atoms with Crippen LogP contribution in [0.4, 0.5) is 4.79 Å². The molecule has 0 aliphatic rings. The first-order valence-electron chi connectivity index (χ1n) is 7.64. The number of carbonyl (C=O) groups is 1. The highest BCUT2D eigenvalue weighted by Gasteiger charge is 2.33. The number of aliphatic hydroxyl groups excluding tert-OH is 1. The van der Waals surface area contributed by atoms with Gasteiger partial charge in [-0.1, -0.05) is 59.4 Å². The molecule has 0 radical (unpaired) electrons. The van der Waals surface area contributed by atoms with Gasteiger partial charge in [0.1, 0.15) is 6.10 Å². The summed E-state index contributed by atoms with van der Waals surface area (Å²) in [5, 5.41) is 10.5. The van der Waals surface area contributed by atoms with Crippen LogP contribution < -0.4 is 5.73 Å². The smallest absolute Gasteiger partial charge is 0.404 e.